The molecule has 1 heterocycles. The first kappa shape index (κ1) is 13.0. The SMILES string of the molecule is COc1ccc([C@H]2CC(=O)c3cc(Cl)ccc3O2)cc1. The van der Waals surface area contributed by atoms with Gasteiger partial charge in [0, 0.05) is 5.02 Å². The van der Waals surface area contributed by atoms with E-state index < -0.39 is 0 Å². The van der Waals surface area contributed by atoms with Crippen LogP contribution in [-0.4, -0.2) is 12.9 Å². The predicted octanol–water partition coefficient (Wildman–Crippen LogP) is 4.06. The Morgan fingerprint density at radius 1 is 1.20 bits per heavy atom. The molecule has 0 N–H and O–H groups in total. The van der Waals surface area contributed by atoms with Gasteiger partial charge in [-0.2, -0.15) is 0 Å². The highest BCUT2D eigenvalue weighted by Crippen LogP contribution is 2.36. The minimum atomic E-state index is -0.262. The predicted molar refractivity (Wildman–Crippen MR) is 76.8 cm³/mol. The minimum absolute atomic E-state index is 0.0505. The van der Waals surface area contributed by atoms with Crippen molar-refractivity contribution in [3.8, 4) is 11.5 Å². The van der Waals surface area contributed by atoms with Crippen molar-refractivity contribution >= 4 is 17.4 Å². The molecule has 1 atom stereocenters. The first-order chi connectivity index (χ1) is 9.67. The van der Waals surface area contributed by atoms with Gasteiger partial charge in [0.15, 0.2) is 5.78 Å². The molecular weight excluding hydrogens is 276 g/mol. The molecule has 0 bridgehead atoms. The van der Waals surface area contributed by atoms with E-state index >= 15 is 0 Å². The molecule has 0 saturated heterocycles. The van der Waals surface area contributed by atoms with E-state index in [2.05, 4.69) is 0 Å². The van der Waals surface area contributed by atoms with Crippen molar-refractivity contribution in [2.24, 2.45) is 0 Å². The summed E-state index contributed by atoms with van der Waals surface area (Å²) in [5, 5.41) is 0.545. The van der Waals surface area contributed by atoms with E-state index in [9.17, 15) is 4.79 Å². The Hall–Kier alpha value is -2.00. The summed E-state index contributed by atoms with van der Waals surface area (Å²) >= 11 is 5.91. The van der Waals surface area contributed by atoms with Gasteiger partial charge in [0.1, 0.15) is 17.6 Å². The fourth-order valence-electron chi connectivity index (χ4n) is 2.30. The Kier molecular flexibility index (Phi) is 3.36. The number of benzene rings is 2. The lowest BCUT2D eigenvalue weighted by Crippen LogP contribution is -2.20. The largest absolute Gasteiger partial charge is 0.497 e. The number of hydrogen-bond acceptors (Lipinski definition) is 3. The van der Waals surface area contributed by atoms with Gasteiger partial charge < -0.3 is 9.47 Å². The lowest BCUT2D eigenvalue weighted by Gasteiger charge is -2.25. The van der Waals surface area contributed by atoms with Crippen LogP contribution in [0.1, 0.15) is 28.4 Å². The zero-order valence-electron chi connectivity index (χ0n) is 10.9. The maximum atomic E-state index is 12.2. The molecule has 0 unspecified atom stereocenters. The smallest absolute Gasteiger partial charge is 0.170 e. The third-order valence-electron chi connectivity index (χ3n) is 3.37. The second-order valence-electron chi connectivity index (χ2n) is 4.65. The number of fused-ring (bicyclic) bond motifs is 1. The van der Waals surface area contributed by atoms with E-state index in [1.807, 2.05) is 24.3 Å². The number of hydrogen-bond donors (Lipinski definition) is 0. The molecule has 1 aliphatic rings. The van der Waals surface area contributed by atoms with E-state index in [1.165, 1.54) is 0 Å². The monoisotopic (exact) mass is 288 g/mol. The molecule has 20 heavy (non-hydrogen) atoms. The van der Waals surface area contributed by atoms with E-state index in [0.29, 0.717) is 22.8 Å². The summed E-state index contributed by atoms with van der Waals surface area (Å²) < 4.78 is 11.0. The maximum Gasteiger partial charge on any atom is 0.170 e. The van der Waals surface area contributed by atoms with Crippen molar-refractivity contribution in [2.75, 3.05) is 7.11 Å². The summed E-state index contributed by atoms with van der Waals surface area (Å²) in [6.45, 7) is 0. The number of rotatable bonds is 2. The molecule has 1 aliphatic heterocycles. The average Bonchev–Trinajstić information content (AvgIpc) is 2.48. The molecule has 0 saturated carbocycles. The molecule has 2 aromatic carbocycles. The van der Waals surface area contributed by atoms with Crippen LogP contribution in [0, 0.1) is 0 Å². The molecule has 0 aromatic heterocycles. The topological polar surface area (TPSA) is 35.5 Å². The van der Waals surface area contributed by atoms with Crippen molar-refractivity contribution in [1.29, 1.82) is 0 Å². The Labute approximate surface area is 122 Å². The van der Waals surface area contributed by atoms with Crippen molar-refractivity contribution in [3.63, 3.8) is 0 Å². The maximum absolute atomic E-state index is 12.2. The Morgan fingerprint density at radius 2 is 1.95 bits per heavy atom. The van der Waals surface area contributed by atoms with Crippen LogP contribution in [0.25, 0.3) is 0 Å². The van der Waals surface area contributed by atoms with Crippen LogP contribution in [0.2, 0.25) is 5.02 Å². The molecule has 0 spiro atoms. The molecule has 3 rings (SSSR count). The number of Topliss-reactive ketones (excluding diaryl/α,β-unsaturated/α-hetero) is 1. The normalized spacial score (nSPS) is 17.3. The van der Waals surface area contributed by atoms with Crippen LogP contribution in [-0.2, 0) is 0 Å². The van der Waals surface area contributed by atoms with Crippen molar-refractivity contribution in [1.82, 2.24) is 0 Å². The lowest BCUT2D eigenvalue weighted by atomic mass is 9.96. The average molecular weight is 289 g/mol. The van der Waals surface area contributed by atoms with Crippen LogP contribution < -0.4 is 9.47 Å². The summed E-state index contributed by atoms with van der Waals surface area (Å²) in [4.78, 5) is 12.2. The molecule has 4 heteroatoms. The zero-order chi connectivity index (χ0) is 14.1. The summed E-state index contributed by atoms with van der Waals surface area (Å²) in [6, 6.07) is 12.7. The summed E-state index contributed by atoms with van der Waals surface area (Å²) in [5.41, 5.74) is 1.52. The quantitative estimate of drug-likeness (QED) is 0.836. The standard InChI is InChI=1S/C16H13ClO3/c1-19-12-5-2-10(3-6-12)16-9-14(18)13-8-11(17)4-7-15(13)20-16/h2-8,16H,9H2,1H3/t16-/m1/s1. The van der Waals surface area contributed by atoms with Gasteiger partial charge in [-0.05, 0) is 35.9 Å². The Bertz CT molecular complexity index is 649. The fourth-order valence-corrected chi connectivity index (χ4v) is 2.47. The molecular formula is C16H13ClO3. The van der Waals surface area contributed by atoms with Crippen molar-refractivity contribution in [3.05, 3.63) is 58.6 Å². The first-order valence-electron chi connectivity index (χ1n) is 6.31. The van der Waals surface area contributed by atoms with Crippen LogP contribution >= 0.6 is 11.6 Å². The zero-order valence-corrected chi connectivity index (χ0v) is 11.7. The van der Waals surface area contributed by atoms with Crippen molar-refractivity contribution < 1.29 is 14.3 Å². The van der Waals surface area contributed by atoms with E-state index in [1.54, 1.807) is 25.3 Å². The summed E-state index contributed by atoms with van der Waals surface area (Å²) in [5.74, 6) is 1.42. The third kappa shape index (κ3) is 2.37. The minimum Gasteiger partial charge on any atom is -0.497 e. The van der Waals surface area contributed by atoms with Gasteiger partial charge in [0.25, 0.3) is 0 Å². The van der Waals surface area contributed by atoms with Crippen molar-refractivity contribution in [2.45, 2.75) is 12.5 Å². The highest BCUT2D eigenvalue weighted by Gasteiger charge is 2.27. The highest BCUT2D eigenvalue weighted by atomic mass is 35.5. The van der Waals surface area contributed by atoms with Gasteiger partial charge in [-0.15, -0.1) is 0 Å². The van der Waals surface area contributed by atoms with Gasteiger partial charge in [0.2, 0.25) is 0 Å². The van der Waals surface area contributed by atoms with Gasteiger partial charge in [-0.1, -0.05) is 23.7 Å². The lowest BCUT2D eigenvalue weighted by molar-refractivity contribution is 0.0850. The molecule has 0 amide bonds. The van der Waals surface area contributed by atoms with Gasteiger partial charge in [-0.25, -0.2) is 0 Å². The number of halogens is 1. The van der Waals surface area contributed by atoms with Crippen LogP contribution in [0.15, 0.2) is 42.5 Å². The molecule has 0 aliphatic carbocycles. The molecule has 0 radical (unpaired) electrons. The summed E-state index contributed by atoms with van der Waals surface area (Å²) in [6.07, 6.45) is 0.0572. The third-order valence-corrected chi connectivity index (χ3v) is 3.60. The van der Waals surface area contributed by atoms with Crippen LogP contribution in [0.5, 0.6) is 11.5 Å². The number of ketones is 1. The second-order valence-corrected chi connectivity index (χ2v) is 5.08. The van der Waals surface area contributed by atoms with Crippen LogP contribution in [0.3, 0.4) is 0 Å². The number of carbonyl (C=O) groups excluding carboxylic acids is 1. The molecule has 0 fully saturated rings. The Morgan fingerprint density at radius 3 is 2.65 bits per heavy atom. The second kappa shape index (κ2) is 5.17. The summed E-state index contributed by atoms with van der Waals surface area (Å²) in [7, 11) is 1.62. The van der Waals surface area contributed by atoms with Gasteiger partial charge in [-0.3, -0.25) is 4.79 Å². The van der Waals surface area contributed by atoms with Gasteiger partial charge >= 0.3 is 0 Å². The molecule has 102 valence electrons. The fraction of sp³-hybridized carbons (Fsp3) is 0.188. The number of methoxy groups -OCH3 is 1. The van der Waals surface area contributed by atoms with Gasteiger partial charge in [0.05, 0.1) is 19.1 Å². The number of carbonyl (C=O) groups is 1. The van der Waals surface area contributed by atoms with E-state index in [0.717, 1.165) is 11.3 Å². The number of ether oxygens (including phenoxy) is 2. The molecule has 2 aromatic rings. The molecule has 3 nitrogen and oxygen atoms in total. The Balaban J connectivity index is 1.90. The van der Waals surface area contributed by atoms with E-state index in [4.69, 9.17) is 21.1 Å². The van der Waals surface area contributed by atoms with Crippen LogP contribution in [0.4, 0.5) is 0 Å². The first-order valence-corrected chi connectivity index (χ1v) is 6.68. The van der Waals surface area contributed by atoms with E-state index in [-0.39, 0.29) is 11.9 Å². The highest BCUT2D eigenvalue weighted by molar-refractivity contribution is 6.31.